The Morgan fingerprint density at radius 1 is 1.29 bits per heavy atom. The summed E-state index contributed by atoms with van der Waals surface area (Å²) < 4.78 is 1.97. The quantitative estimate of drug-likeness (QED) is 0.843. The number of anilines is 1. The van der Waals surface area contributed by atoms with E-state index in [9.17, 15) is 0 Å². The van der Waals surface area contributed by atoms with E-state index in [1.54, 1.807) is 18.0 Å². The van der Waals surface area contributed by atoms with Crippen molar-refractivity contribution in [1.82, 2.24) is 19.5 Å². The first-order chi connectivity index (χ1) is 8.11. The molecule has 0 amide bonds. The van der Waals surface area contributed by atoms with Crippen LogP contribution in [0.25, 0.3) is 0 Å². The zero-order valence-corrected chi connectivity index (χ0v) is 11.2. The van der Waals surface area contributed by atoms with Crippen molar-refractivity contribution in [3.63, 3.8) is 0 Å². The van der Waals surface area contributed by atoms with Crippen LogP contribution in [0.4, 0.5) is 5.82 Å². The van der Waals surface area contributed by atoms with Gasteiger partial charge in [0.25, 0.3) is 0 Å². The molecule has 6 heteroatoms. The molecular weight excluding hydrogens is 234 g/mol. The third kappa shape index (κ3) is 2.41. The smallest absolute Gasteiger partial charge is 0.174 e. The number of hydrogen-bond acceptors (Lipinski definition) is 5. The molecule has 0 saturated carbocycles. The molecule has 1 N–H and O–H groups in total. The molecule has 0 aliphatic carbocycles. The monoisotopic (exact) mass is 249 g/mol. The molecule has 90 valence electrons. The van der Waals surface area contributed by atoms with Gasteiger partial charge in [-0.2, -0.15) is 0 Å². The molecular formula is C11H15N5S. The van der Waals surface area contributed by atoms with Gasteiger partial charge in [-0.05, 0) is 25.6 Å². The largest absolute Gasteiger partial charge is 0.373 e. The summed E-state index contributed by atoms with van der Waals surface area (Å²) in [6.07, 6.45) is 3.70. The molecule has 0 atom stereocenters. The van der Waals surface area contributed by atoms with E-state index in [1.807, 2.05) is 38.7 Å². The van der Waals surface area contributed by atoms with E-state index in [0.717, 1.165) is 27.4 Å². The lowest BCUT2D eigenvalue weighted by Gasteiger charge is -2.09. The van der Waals surface area contributed by atoms with Crippen molar-refractivity contribution >= 4 is 17.6 Å². The predicted molar refractivity (Wildman–Crippen MR) is 68.4 cm³/mol. The molecule has 5 nitrogen and oxygen atoms in total. The molecule has 17 heavy (non-hydrogen) atoms. The highest BCUT2D eigenvalue weighted by Gasteiger charge is 2.11. The lowest BCUT2D eigenvalue weighted by atomic mass is 10.3. The molecule has 2 rings (SSSR count). The maximum absolute atomic E-state index is 4.46. The Balaban J connectivity index is 2.39. The van der Waals surface area contributed by atoms with E-state index in [2.05, 4.69) is 20.3 Å². The van der Waals surface area contributed by atoms with Crippen molar-refractivity contribution in [3.8, 4) is 0 Å². The minimum atomic E-state index is 0.761. The van der Waals surface area contributed by atoms with Gasteiger partial charge in [-0.1, -0.05) is 0 Å². The summed E-state index contributed by atoms with van der Waals surface area (Å²) in [5.41, 5.74) is 1.05. The molecule has 0 spiro atoms. The van der Waals surface area contributed by atoms with Crippen LogP contribution in [0.15, 0.2) is 22.6 Å². The van der Waals surface area contributed by atoms with Gasteiger partial charge in [0.2, 0.25) is 0 Å². The maximum atomic E-state index is 4.46. The van der Waals surface area contributed by atoms with Crippen molar-refractivity contribution in [2.75, 3.05) is 12.4 Å². The fraction of sp³-hybridized carbons (Fsp3) is 0.364. The Bertz CT molecular complexity index is 535. The molecule has 0 aliphatic rings. The Hall–Kier alpha value is -1.56. The average molecular weight is 249 g/mol. The van der Waals surface area contributed by atoms with Gasteiger partial charge in [-0.25, -0.2) is 15.0 Å². The van der Waals surface area contributed by atoms with Crippen LogP contribution in [-0.2, 0) is 7.05 Å². The first-order valence-electron chi connectivity index (χ1n) is 5.30. The number of rotatable bonds is 3. The summed E-state index contributed by atoms with van der Waals surface area (Å²) >= 11 is 1.55. The lowest BCUT2D eigenvalue weighted by molar-refractivity contribution is 0.787. The van der Waals surface area contributed by atoms with Gasteiger partial charge in [0.15, 0.2) is 5.16 Å². The third-order valence-corrected chi connectivity index (χ3v) is 3.58. The van der Waals surface area contributed by atoms with Crippen molar-refractivity contribution in [1.29, 1.82) is 0 Å². The molecule has 0 fully saturated rings. The highest BCUT2D eigenvalue weighted by molar-refractivity contribution is 7.99. The van der Waals surface area contributed by atoms with Gasteiger partial charge >= 0.3 is 0 Å². The van der Waals surface area contributed by atoms with Crippen molar-refractivity contribution < 1.29 is 0 Å². The standard InChI is InChI=1S/C11H15N5S/c1-7-9(12-3)14-8(2)15-10(7)17-11-13-5-6-16(11)4/h5-6H,1-4H3,(H,12,14,15). The van der Waals surface area contributed by atoms with Gasteiger partial charge in [0.05, 0.1) is 0 Å². The summed E-state index contributed by atoms with van der Waals surface area (Å²) in [6, 6.07) is 0. The van der Waals surface area contributed by atoms with Crippen LogP contribution in [0, 0.1) is 13.8 Å². The summed E-state index contributed by atoms with van der Waals surface area (Å²) in [6.45, 7) is 3.90. The lowest BCUT2D eigenvalue weighted by Crippen LogP contribution is -2.02. The van der Waals surface area contributed by atoms with Gasteiger partial charge in [0.1, 0.15) is 16.7 Å². The zero-order valence-electron chi connectivity index (χ0n) is 10.4. The molecule has 2 aromatic heterocycles. The first-order valence-corrected chi connectivity index (χ1v) is 6.11. The normalized spacial score (nSPS) is 10.6. The Morgan fingerprint density at radius 2 is 2.06 bits per heavy atom. The fourth-order valence-electron chi connectivity index (χ4n) is 1.48. The van der Waals surface area contributed by atoms with E-state index < -0.39 is 0 Å². The minimum Gasteiger partial charge on any atom is -0.373 e. The third-order valence-electron chi connectivity index (χ3n) is 2.41. The van der Waals surface area contributed by atoms with Crippen LogP contribution in [0.2, 0.25) is 0 Å². The Kier molecular flexibility index (Phi) is 3.33. The van der Waals surface area contributed by atoms with Crippen LogP contribution in [-0.4, -0.2) is 26.6 Å². The number of aryl methyl sites for hydroxylation is 2. The van der Waals surface area contributed by atoms with E-state index in [1.165, 1.54) is 0 Å². The van der Waals surface area contributed by atoms with E-state index in [4.69, 9.17) is 0 Å². The van der Waals surface area contributed by atoms with Crippen LogP contribution in [0.5, 0.6) is 0 Å². The molecule has 0 bridgehead atoms. The number of aromatic nitrogens is 4. The van der Waals surface area contributed by atoms with Crippen LogP contribution in [0.1, 0.15) is 11.4 Å². The van der Waals surface area contributed by atoms with Gasteiger partial charge in [-0.3, -0.25) is 0 Å². The number of hydrogen-bond donors (Lipinski definition) is 1. The van der Waals surface area contributed by atoms with Crippen LogP contribution in [0.3, 0.4) is 0 Å². The highest BCUT2D eigenvalue weighted by atomic mass is 32.2. The van der Waals surface area contributed by atoms with Crippen LogP contribution < -0.4 is 5.32 Å². The van der Waals surface area contributed by atoms with Crippen molar-refractivity contribution in [2.45, 2.75) is 24.0 Å². The number of nitrogens with zero attached hydrogens (tertiary/aromatic N) is 4. The fourth-order valence-corrected chi connectivity index (χ4v) is 2.40. The Labute approximate surface area is 105 Å². The van der Waals surface area contributed by atoms with E-state index >= 15 is 0 Å². The maximum Gasteiger partial charge on any atom is 0.174 e. The summed E-state index contributed by atoms with van der Waals surface area (Å²) in [5, 5.41) is 4.94. The highest BCUT2D eigenvalue weighted by Crippen LogP contribution is 2.29. The minimum absolute atomic E-state index is 0.761. The SMILES string of the molecule is CNc1nc(C)nc(Sc2nccn2C)c1C. The molecule has 2 aromatic rings. The van der Waals surface area contributed by atoms with Crippen molar-refractivity contribution in [3.05, 3.63) is 23.8 Å². The summed E-state index contributed by atoms with van der Waals surface area (Å²) in [4.78, 5) is 13.1. The second kappa shape index (κ2) is 4.75. The van der Waals surface area contributed by atoms with Gasteiger partial charge in [-0.15, -0.1) is 0 Å². The first kappa shape index (κ1) is 11.9. The van der Waals surface area contributed by atoms with Gasteiger partial charge in [0, 0.05) is 32.1 Å². The average Bonchev–Trinajstić information content (AvgIpc) is 2.69. The second-order valence-electron chi connectivity index (χ2n) is 3.72. The van der Waals surface area contributed by atoms with E-state index in [-0.39, 0.29) is 0 Å². The number of imidazole rings is 1. The summed E-state index contributed by atoms with van der Waals surface area (Å²) in [7, 11) is 3.84. The predicted octanol–water partition coefficient (Wildman–Crippen LogP) is 2.02. The second-order valence-corrected chi connectivity index (χ2v) is 4.68. The molecule has 0 aliphatic heterocycles. The molecule has 0 aromatic carbocycles. The molecule has 0 saturated heterocycles. The van der Waals surface area contributed by atoms with Crippen molar-refractivity contribution in [2.24, 2.45) is 7.05 Å². The zero-order chi connectivity index (χ0) is 12.4. The summed E-state index contributed by atoms with van der Waals surface area (Å²) in [5.74, 6) is 1.63. The molecule has 0 unspecified atom stereocenters. The molecule has 0 radical (unpaired) electrons. The van der Waals surface area contributed by atoms with Crippen LogP contribution >= 0.6 is 11.8 Å². The Morgan fingerprint density at radius 3 is 2.65 bits per heavy atom. The molecule has 2 heterocycles. The van der Waals surface area contributed by atoms with E-state index in [0.29, 0.717) is 0 Å². The number of nitrogens with one attached hydrogen (secondary N) is 1. The topological polar surface area (TPSA) is 55.6 Å². The van der Waals surface area contributed by atoms with Gasteiger partial charge < -0.3 is 9.88 Å².